The number of thiol groups is 1. The van der Waals surface area contributed by atoms with E-state index < -0.39 is 75.1 Å². The summed E-state index contributed by atoms with van der Waals surface area (Å²) < 4.78 is 44.5. The van der Waals surface area contributed by atoms with Crippen LogP contribution in [0.1, 0.15) is 12.5 Å². The summed E-state index contributed by atoms with van der Waals surface area (Å²) in [6.45, 7) is -4.92. The molecule has 0 aromatic carbocycles. The van der Waals surface area contributed by atoms with Crippen LogP contribution >= 0.6 is 26.1 Å². The van der Waals surface area contributed by atoms with E-state index in [-0.39, 0.29) is 29.4 Å². The molecule has 3 saturated heterocycles. The SMILES string of the molecule is CO[P+]1(S)OCC2OC(n3ccc4c(N)ncnc43)C(O)C2OP(O)(=S)OCC2OC(n3ccc4c(=O)[nH]c(N)nc43)C(O1)C2O. The molecule has 0 saturated carbocycles. The minimum atomic E-state index is -4.12. The number of nitrogens with two attached hydrogens (primary N) is 2. The third-order valence-electron chi connectivity index (χ3n) is 7.85. The fourth-order valence-corrected chi connectivity index (χ4v) is 8.76. The number of aromatic nitrogens is 6. The first kappa shape index (κ1) is 32.2. The topological polar surface area (TPSA) is 259 Å². The van der Waals surface area contributed by atoms with Gasteiger partial charge in [0.05, 0.1) is 36.7 Å². The average molecular weight is 720 g/mol. The molecule has 4 aromatic heterocycles. The number of aliphatic hydroxyl groups excluding tert-OH is 2. The summed E-state index contributed by atoms with van der Waals surface area (Å²) in [5.74, 6) is 0.0937. The van der Waals surface area contributed by atoms with Gasteiger partial charge in [-0.15, -0.1) is 0 Å². The molecule has 3 fully saturated rings. The summed E-state index contributed by atoms with van der Waals surface area (Å²) in [5.41, 5.74) is 11.8. The van der Waals surface area contributed by atoms with Crippen LogP contribution in [0.4, 0.5) is 11.8 Å². The first-order chi connectivity index (χ1) is 21.9. The average Bonchev–Trinajstić information content (AvgIpc) is 3.77. The van der Waals surface area contributed by atoms with Crippen molar-refractivity contribution in [2.75, 3.05) is 31.8 Å². The van der Waals surface area contributed by atoms with Gasteiger partial charge in [0.15, 0.2) is 24.2 Å². The Labute approximate surface area is 269 Å². The molecule has 0 spiro atoms. The zero-order chi connectivity index (χ0) is 32.5. The van der Waals surface area contributed by atoms with Crippen LogP contribution in [0.2, 0.25) is 0 Å². The van der Waals surface area contributed by atoms with Gasteiger partial charge in [0.1, 0.15) is 54.9 Å². The first-order valence-corrected chi connectivity index (χ1v) is 18.9. The van der Waals surface area contributed by atoms with Crippen molar-refractivity contribution < 1.29 is 47.2 Å². The molecule has 19 nitrogen and oxygen atoms in total. The van der Waals surface area contributed by atoms with E-state index >= 15 is 0 Å². The van der Waals surface area contributed by atoms with Gasteiger partial charge in [0, 0.05) is 12.4 Å². The maximum Gasteiger partial charge on any atom is 0.478 e. The molecule has 7 rings (SSSR count). The summed E-state index contributed by atoms with van der Waals surface area (Å²) >= 11 is 9.86. The second-order valence-corrected chi connectivity index (χ2v) is 16.6. The summed E-state index contributed by atoms with van der Waals surface area (Å²) in [4.78, 5) is 38.4. The molecule has 3 aliphatic heterocycles. The highest BCUT2D eigenvalue weighted by Crippen LogP contribution is 2.68. The highest BCUT2D eigenvalue weighted by Gasteiger charge is 2.57. The molecule has 46 heavy (non-hydrogen) atoms. The van der Waals surface area contributed by atoms with Gasteiger partial charge in [0.25, 0.3) is 5.56 Å². The van der Waals surface area contributed by atoms with E-state index in [1.165, 1.54) is 34.8 Å². The second-order valence-electron chi connectivity index (χ2n) is 10.6. The highest BCUT2D eigenvalue weighted by molar-refractivity contribution is 8.47. The summed E-state index contributed by atoms with van der Waals surface area (Å²) in [6, 6.07) is 3.17. The lowest BCUT2D eigenvalue weighted by Crippen LogP contribution is -2.36. The molecule has 0 radical (unpaired) electrons. The van der Waals surface area contributed by atoms with Gasteiger partial charge < -0.3 is 49.7 Å². The van der Waals surface area contributed by atoms with Crippen molar-refractivity contribution in [2.45, 2.75) is 49.1 Å². The molecule has 23 heteroatoms. The molecule has 8 N–H and O–H groups in total. The molecule has 3 aliphatic rings. The van der Waals surface area contributed by atoms with Crippen molar-refractivity contribution in [3.63, 3.8) is 0 Å². The number of H-pyrrole nitrogens is 1. The van der Waals surface area contributed by atoms with Crippen LogP contribution in [0.25, 0.3) is 22.1 Å². The Morgan fingerprint density at radius 2 is 1.78 bits per heavy atom. The first-order valence-electron chi connectivity index (χ1n) is 13.6. The van der Waals surface area contributed by atoms with E-state index in [9.17, 15) is 19.9 Å². The number of aliphatic hydroxyl groups is 2. The van der Waals surface area contributed by atoms with E-state index in [1.807, 2.05) is 0 Å². The van der Waals surface area contributed by atoms with E-state index in [2.05, 4.69) is 32.2 Å². The number of fused-ring (bicyclic) bond motifs is 5. The quantitative estimate of drug-likeness (QED) is 0.110. The number of hydrogen-bond acceptors (Lipinski definition) is 17. The smallest absolute Gasteiger partial charge is 0.387 e. The van der Waals surface area contributed by atoms with Gasteiger partial charge in [-0.2, -0.15) is 18.6 Å². The van der Waals surface area contributed by atoms with Crippen LogP contribution in [-0.4, -0.2) is 101 Å². The number of nitrogens with zero attached hydrogens (tertiary/aromatic N) is 5. The van der Waals surface area contributed by atoms with E-state index in [0.29, 0.717) is 11.0 Å². The van der Waals surface area contributed by atoms with E-state index in [1.54, 1.807) is 12.3 Å². The van der Waals surface area contributed by atoms with Gasteiger partial charge in [-0.3, -0.25) is 14.3 Å². The number of rotatable bonds is 3. The predicted molar refractivity (Wildman–Crippen MR) is 168 cm³/mol. The van der Waals surface area contributed by atoms with Crippen molar-refractivity contribution in [3.05, 3.63) is 41.2 Å². The van der Waals surface area contributed by atoms with Gasteiger partial charge in [-0.1, -0.05) is 0 Å². The fraction of sp³-hybridized carbons (Fsp3) is 0.478. The standard InChI is InChI=1S/C23H28N8O11P2S2/c1-36-44(46)38-7-12-15(14(33)21(40-12)30-4-2-9-17(24)26-8-27-18(9)30)41-43(35,45)37-6-11-13(32)16(42-44)22(39-11)31-5-3-10-19(31)28-23(25)29-20(10)34/h2-5,8,11-16,21-22,32-33,46H,6-7H2,1H3,(H5-,24,25,26,27,28,29,34,35,45)/p+1. The molecule has 2 bridgehead atoms. The molecule has 10 unspecified atom stereocenters. The van der Waals surface area contributed by atoms with Crippen molar-refractivity contribution in [1.29, 1.82) is 0 Å². The zero-order valence-corrected chi connectivity index (χ0v) is 27.2. The van der Waals surface area contributed by atoms with Crippen molar-refractivity contribution >= 4 is 71.8 Å². The Kier molecular flexibility index (Phi) is 8.39. The minimum absolute atomic E-state index is 0.139. The molecular weight excluding hydrogens is 690 g/mol. The third kappa shape index (κ3) is 5.63. The molecule has 248 valence electrons. The van der Waals surface area contributed by atoms with Gasteiger partial charge in [0.2, 0.25) is 5.95 Å². The summed E-state index contributed by atoms with van der Waals surface area (Å²) in [6.07, 6.45) is -5.34. The lowest BCUT2D eigenvalue weighted by Gasteiger charge is -2.27. The van der Waals surface area contributed by atoms with Crippen LogP contribution in [0.15, 0.2) is 35.6 Å². The lowest BCUT2D eigenvalue weighted by atomic mass is 10.1. The Morgan fingerprint density at radius 3 is 2.54 bits per heavy atom. The minimum Gasteiger partial charge on any atom is -0.387 e. The largest absolute Gasteiger partial charge is 0.478 e. The molecule has 10 atom stereocenters. The van der Waals surface area contributed by atoms with Gasteiger partial charge >= 0.3 is 13.9 Å². The van der Waals surface area contributed by atoms with Crippen LogP contribution in [0.3, 0.4) is 0 Å². The maximum absolute atomic E-state index is 12.5. The highest BCUT2D eigenvalue weighted by atomic mass is 32.7. The predicted octanol–water partition coefficient (Wildman–Crippen LogP) is 0.138. The van der Waals surface area contributed by atoms with E-state index in [0.717, 1.165) is 0 Å². The van der Waals surface area contributed by atoms with Crippen molar-refractivity contribution in [2.24, 2.45) is 0 Å². The van der Waals surface area contributed by atoms with Crippen LogP contribution in [0.5, 0.6) is 0 Å². The van der Waals surface area contributed by atoms with Crippen LogP contribution in [0, 0.1) is 0 Å². The molecule has 0 amide bonds. The molecule has 0 aliphatic carbocycles. The normalized spacial score (nSPS) is 37.2. The molecule has 7 heterocycles. The fourth-order valence-electron chi connectivity index (χ4n) is 5.67. The molecular formula is C23H29N8O11P2S2+. The number of nitrogens with one attached hydrogen (secondary N) is 1. The van der Waals surface area contributed by atoms with Gasteiger partial charge in [-0.25, -0.2) is 9.97 Å². The molecule has 4 aromatic rings. The Hall–Kier alpha value is -2.33. The maximum atomic E-state index is 12.5. The van der Waals surface area contributed by atoms with Crippen LogP contribution < -0.4 is 17.0 Å². The number of nitrogen functional groups attached to an aromatic ring is 2. The second kappa shape index (κ2) is 12.0. The van der Waals surface area contributed by atoms with Crippen molar-refractivity contribution in [3.8, 4) is 0 Å². The Bertz CT molecular complexity index is 1900. The summed E-state index contributed by atoms with van der Waals surface area (Å²) in [7, 11) is -2.29. The Balaban J connectivity index is 1.22. The zero-order valence-electron chi connectivity index (χ0n) is 23.7. The number of anilines is 2. The monoisotopic (exact) mass is 719 g/mol. The van der Waals surface area contributed by atoms with E-state index in [4.69, 9.17) is 55.4 Å². The van der Waals surface area contributed by atoms with Gasteiger partial charge in [-0.05, 0) is 23.9 Å². The number of hydrogen-bond donors (Lipinski definition) is 7. The lowest BCUT2D eigenvalue weighted by molar-refractivity contribution is -0.0616. The Morgan fingerprint density at radius 1 is 1.07 bits per heavy atom. The summed E-state index contributed by atoms with van der Waals surface area (Å²) in [5, 5.41) is 23.5. The third-order valence-corrected chi connectivity index (χ3v) is 12.0. The number of aromatic amines is 1. The van der Waals surface area contributed by atoms with Crippen LogP contribution in [-0.2, 0) is 43.9 Å². The van der Waals surface area contributed by atoms with Crippen molar-refractivity contribution in [1.82, 2.24) is 29.1 Å². The number of ether oxygens (including phenoxy) is 2.